The molecule has 3 heterocycles. The van der Waals surface area contributed by atoms with Crippen molar-refractivity contribution >= 4 is 17.0 Å². The number of imidazole rings is 1. The summed E-state index contributed by atoms with van der Waals surface area (Å²) in [4.78, 5) is 28.8. The van der Waals surface area contributed by atoms with Gasteiger partial charge in [-0.05, 0) is 6.07 Å². The molecule has 0 aliphatic heterocycles. The van der Waals surface area contributed by atoms with Gasteiger partial charge in [-0.15, -0.1) is 0 Å². The first-order valence-electron chi connectivity index (χ1n) is 4.89. The Labute approximate surface area is 94.8 Å². The standard InChI is InChI=1S/C10H8N6O/c11-8-7-10(14-4-13-8)16-9(15-7)5-1-2-12-6(17)3-5/h1-4H,(H,12,17)(H3,11,13,14,15,16). The zero-order chi connectivity index (χ0) is 11.8. The Bertz CT molecular complexity index is 744. The number of nitrogens with zero attached hydrogens (tertiary/aromatic N) is 3. The molecule has 0 spiro atoms. The van der Waals surface area contributed by atoms with Gasteiger partial charge in [0.1, 0.15) is 17.7 Å². The maximum Gasteiger partial charge on any atom is 0.248 e. The fourth-order valence-electron chi connectivity index (χ4n) is 1.57. The number of nitrogen functional groups attached to an aromatic ring is 1. The number of pyridine rings is 1. The normalized spacial score (nSPS) is 10.8. The zero-order valence-electron chi connectivity index (χ0n) is 8.64. The van der Waals surface area contributed by atoms with E-state index in [9.17, 15) is 4.79 Å². The summed E-state index contributed by atoms with van der Waals surface area (Å²) in [5, 5.41) is 0. The lowest BCUT2D eigenvalue weighted by Gasteiger charge is -1.93. The van der Waals surface area contributed by atoms with Crippen molar-refractivity contribution in [2.45, 2.75) is 0 Å². The number of nitrogens with two attached hydrogens (primary N) is 1. The molecule has 0 atom stereocenters. The SMILES string of the molecule is Nc1ncnc2nc(-c3cc[nH]c(=O)c3)[nH]c12. The van der Waals surface area contributed by atoms with Crippen LogP contribution in [0.3, 0.4) is 0 Å². The molecule has 0 radical (unpaired) electrons. The largest absolute Gasteiger partial charge is 0.382 e. The smallest absolute Gasteiger partial charge is 0.248 e. The van der Waals surface area contributed by atoms with Crippen molar-refractivity contribution in [2.24, 2.45) is 0 Å². The molecule has 0 unspecified atom stereocenters. The van der Waals surface area contributed by atoms with Crippen LogP contribution in [0.1, 0.15) is 0 Å². The molecule has 17 heavy (non-hydrogen) atoms. The van der Waals surface area contributed by atoms with Crippen molar-refractivity contribution in [1.29, 1.82) is 0 Å². The number of anilines is 1. The van der Waals surface area contributed by atoms with Gasteiger partial charge in [-0.25, -0.2) is 15.0 Å². The first kappa shape index (κ1) is 9.52. The minimum absolute atomic E-state index is 0.193. The van der Waals surface area contributed by atoms with E-state index in [0.717, 1.165) is 0 Å². The average Bonchev–Trinajstić information content (AvgIpc) is 2.74. The van der Waals surface area contributed by atoms with Crippen molar-refractivity contribution in [3.05, 3.63) is 35.0 Å². The predicted octanol–water partition coefficient (Wildman–Crippen LogP) is 0.290. The molecular weight excluding hydrogens is 220 g/mol. The molecule has 0 saturated carbocycles. The van der Waals surface area contributed by atoms with Crippen LogP contribution in [0, 0.1) is 0 Å². The number of hydrogen-bond acceptors (Lipinski definition) is 5. The van der Waals surface area contributed by atoms with E-state index in [4.69, 9.17) is 5.73 Å². The first-order valence-corrected chi connectivity index (χ1v) is 4.89. The van der Waals surface area contributed by atoms with E-state index in [1.165, 1.54) is 12.4 Å². The zero-order valence-corrected chi connectivity index (χ0v) is 8.64. The third-order valence-electron chi connectivity index (χ3n) is 2.37. The van der Waals surface area contributed by atoms with Crippen molar-refractivity contribution < 1.29 is 0 Å². The highest BCUT2D eigenvalue weighted by molar-refractivity contribution is 5.84. The summed E-state index contributed by atoms with van der Waals surface area (Å²) in [5.41, 5.74) is 7.22. The van der Waals surface area contributed by atoms with Crippen LogP contribution in [0.5, 0.6) is 0 Å². The monoisotopic (exact) mass is 228 g/mol. The quantitative estimate of drug-likeness (QED) is 0.554. The molecule has 3 rings (SSSR count). The van der Waals surface area contributed by atoms with Crippen LogP contribution < -0.4 is 11.3 Å². The van der Waals surface area contributed by atoms with Gasteiger partial charge in [0.15, 0.2) is 11.5 Å². The third-order valence-corrected chi connectivity index (χ3v) is 2.37. The Balaban J connectivity index is 2.25. The summed E-state index contributed by atoms with van der Waals surface area (Å²) in [5.74, 6) is 0.872. The van der Waals surface area contributed by atoms with Gasteiger partial charge >= 0.3 is 0 Å². The van der Waals surface area contributed by atoms with E-state index in [0.29, 0.717) is 28.4 Å². The van der Waals surface area contributed by atoms with Gasteiger partial charge < -0.3 is 15.7 Å². The fourth-order valence-corrected chi connectivity index (χ4v) is 1.57. The van der Waals surface area contributed by atoms with Gasteiger partial charge in [0.25, 0.3) is 0 Å². The average molecular weight is 228 g/mol. The van der Waals surface area contributed by atoms with Crippen LogP contribution in [-0.2, 0) is 0 Å². The highest BCUT2D eigenvalue weighted by atomic mass is 16.1. The molecule has 7 heteroatoms. The Morgan fingerprint density at radius 3 is 2.94 bits per heavy atom. The van der Waals surface area contributed by atoms with Crippen LogP contribution in [0.2, 0.25) is 0 Å². The second-order valence-electron chi connectivity index (χ2n) is 3.48. The highest BCUT2D eigenvalue weighted by Crippen LogP contribution is 2.19. The van der Waals surface area contributed by atoms with Crippen LogP contribution in [0.15, 0.2) is 29.5 Å². The Hall–Kier alpha value is -2.70. The molecular formula is C10H8N6O. The van der Waals surface area contributed by atoms with Gasteiger partial charge in [-0.1, -0.05) is 0 Å². The van der Waals surface area contributed by atoms with E-state index in [-0.39, 0.29) is 5.56 Å². The Morgan fingerprint density at radius 2 is 2.18 bits per heavy atom. The number of nitrogens with one attached hydrogen (secondary N) is 2. The van der Waals surface area contributed by atoms with E-state index in [1.54, 1.807) is 12.3 Å². The summed E-state index contributed by atoms with van der Waals surface area (Å²) in [6, 6.07) is 3.18. The van der Waals surface area contributed by atoms with Crippen molar-refractivity contribution in [1.82, 2.24) is 24.9 Å². The molecule has 4 N–H and O–H groups in total. The van der Waals surface area contributed by atoms with E-state index >= 15 is 0 Å². The lowest BCUT2D eigenvalue weighted by atomic mass is 10.2. The van der Waals surface area contributed by atoms with Gasteiger partial charge in [0.05, 0.1) is 0 Å². The van der Waals surface area contributed by atoms with Crippen LogP contribution in [0.25, 0.3) is 22.6 Å². The van der Waals surface area contributed by atoms with Gasteiger partial charge in [0.2, 0.25) is 5.56 Å². The molecule has 3 aromatic rings. The molecule has 0 amide bonds. The molecule has 3 aromatic heterocycles. The first-order chi connectivity index (χ1) is 8.24. The van der Waals surface area contributed by atoms with Crippen molar-refractivity contribution in [2.75, 3.05) is 5.73 Å². The number of hydrogen-bond donors (Lipinski definition) is 3. The van der Waals surface area contributed by atoms with Crippen molar-refractivity contribution in [3.8, 4) is 11.4 Å². The molecule has 0 aliphatic carbocycles. The highest BCUT2D eigenvalue weighted by Gasteiger charge is 2.08. The summed E-state index contributed by atoms with van der Waals surface area (Å²) in [6.45, 7) is 0. The second kappa shape index (κ2) is 3.41. The topological polar surface area (TPSA) is 113 Å². The Kier molecular flexibility index (Phi) is 1.91. The van der Waals surface area contributed by atoms with E-state index in [2.05, 4.69) is 24.9 Å². The summed E-state index contributed by atoms with van der Waals surface area (Å²) < 4.78 is 0. The minimum atomic E-state index is -0.193. The third kappa shape index (κ3) is 1.53. The number of aromatic amines is 2. The summed E-state index contributed by atoms with van der Waals surface area (Å²) >= 11 is 0. The van der Waals surface area contributed by atoms with Gasteiger partial charge in [0, 0.05) is 17.8 Å². The molecule has 84 valence electrons. The maximum atomic E-state index is 11.2. The van der Waals surface area contributed by atoms with Gasteiger partial charge in [-0.3, -0.25) is 4.79 Å². The van der Waals surface area contributed by atoms with Gasteiger partial charge in [-0.2, -0.15) is 0 Å². The second-order valence-corrected chi connectivity index (χ2v) is 3.48. The molecule has 0 saturated heterocycles. The molecule has 0 fully saturated rings. The van der Waals surface area contributed by atoms with E-state index < -0.39 is 0 Å². The molecule has 0 aromatic carbocycles. The Morgan fingerprint density at radius 1 is 1.29 bits per heavy atom. The fraction of sp³-hybridized carbons (Fsp3) is 0. The minimum Gasteiger partial charge on any atom is -0.382 e. The molecule has 0 bridgehead atoms. The van der Waals surface area contributed by atoms with Crippen LogP contribution in [0.4, 0.5) is 5.82 Å². The molecule has 0 aliphatic rings. The summed E-state index contributed by atoms with van der Waals surface area (Å²) in [6.07, 6.45) is 2.90. The molecule has 7 nitrogen and oxygen atoms in total. The number of aromatic nitrogens is 5. The maximum absolute atomic E-state index is 11.2. The van der Waals surface area contributed by atoms with E-state index in [1.807, 2.05) is 0 Å². The van der Waals surface area contributed by atoms with Crippen LogP contribution in [-0.4, -0.2) is 24.9 Å². The van der Waals surface area contributed by atoms with Crippen molar-refractivity contribution in [3.63, 3.8) is 0 Å². The lowest BCUT2D eigenvalue weighted by molar-refractivity contribution is 1.20. The number of rotatable bonds is 1. The number of H-pyrrole nitrogens is 2. The number of fused-ring (bicyclic) bond motifs is 1. The summed E-state index contributed by atoms with van der Waals surface area (Å²) in [7, 11) is 0. The predicted molar refractivity (Wildman–Crippen MR) is 62.2 cm³/mol. The van der Waals surface area contributed by atoms with Crippen LogP contribution >= 0.6 is 0 Å². The lowest BCUT2D eigenvalue weighted by Crippen LogP contribution is -2.02.